The van der Waals surface area contributed by atoms with Crippen LogP contribution in [0.15, 0.2) is 36.5 Å². The highest BCUT2D eigenvalue weighted by molar-refractivity contribution is 7.53. The smallest absolute Gasteiger partial charge is 0.335 e. The van der Waals surface area contributed by atoms with E-state index < -0.39 is 30.6 Å². The highest BCUT2D eigenvalue weighted by Crippen LogP contribution is 2.49. The third kappa shape index (κ3) is 4.71. The van der Waals surface area contributed by atoms with Gasteiger partial charge in [-0.3, -0.25) is 29.2 Å². The van der Waals surface area contributed by atoms with Crippen LogP contribution in [0, 0.1) is 10.1 Å². The van der Waals surface area contributed by atoms with Crippen LogP contribution < -0.4 is 0 Å². The quantitative estimate of drug-likeness (QED) is 0.188. The first-order chi connectivity index (χ1) is 16.7. The number of carbonyl (C=O) groups is 2. The van der Waals surface area contributed by atoms with Crippen LogP contribution in [0.25, 0.3) is 10.8 Å². The molecule has 2 amide bonds. The molecule has 4 rings (SSSR count). The summed E-state index contributed by atoms with van der Waals surface area (Å²) in [6, 6.07) is 7.18. The van der Waals surface area contributed by atoms with Crippen molar-refractivity contribution in [3.8, 4) is 0 Å². The summed E-state index contributed by atoms with van der Waals surface area (Å²) in [4.78, 5) is 37.9. The number of hydrogen-bond donors (Lipinski definition) is 1. The number of nitro benzene ring substituents is 1. The maximum atomic E-state index is 13.2. The van der Waals surface area contributed by atoms with Crippen molar-refractivity contribution in [2.24, 2.45) is 0 Å². The molecule has 1 aliphatic heterocycles. The monoisotopic (exact) mass is 503 g/mol. The fraction of sp³-hybridized carbons (Fsp3) is 0.333. The molecule has 3 aromatic rings. The highest BCUT2D eigenvalue weighted by atomic mass is 31.2. The molecule has 13 nitrogen and oxygen atoms in total. The van der Waals surface area contributed by atoms with Gasteiger partial charge in [-0.1, -0.05) is 17.3 Å². The lowest BCUT2D eigenvalue weighted by Crippen LogP contribution is -2.39. The van der Waals surface area contributed by atoms with Crippen molar-refractivity contribution < 1.29 is 33.2 Å². The van der Waals surface area contributed by atoms with E-state index in [9.17, 15) is 29.4 Å². The summed E-state index contributed by atoms with van der Waals surface area (Å²) in [7, 11) is -3.57. The van der Waals surface area contributed by atoms with Crippen molar-refractivity contribution in [3.63, 3.8) is 0 Å². The second-order valence-corrected chi connectivity index (χ2v) is 9.75. The zero-order valence-electron chi connectivity index (χ0n) is 18.9. The largest absolute Gasteiger partial charge is 0.371 e. The van der Waals surface area contributed by atoms with E-state index in [2.05, 4.69) is 10.3 Å². The predicted octanol–water partition coefficient (Wildman–Crippen LogP) is 2.89. The lowest BCUT2D eigenvalue weighted by atomic mass is 9.93. The Morgan fingerprint density at radius 1 is 1.14 bits per heavy atom. The molecular weight excluding hydrogens is 481 g/mol. The molecule has 1 unspecified atom stereocenters. The van der Waals surface area contributed by atoms with Crippen LogP contribution in [0.3, 0.4) is 0 Å². The summed E-state index contributed by atoms with van der Waals surface area (Å²) >= 11 is 0. The average molecular weight is 503 g/mol. The molecule has 184 valence electrons. The van der Waals surface area contributed by atoms with Gasteiger partial charge in [-0.25, -0.2) is 4.68 Å². The summed E-state index contributed by atoms with van der Waals surface area (Å²) < 4.78 is 24.0. The van der Waals surface area contributed by atoms with Gasteiger partial charge in [0.1, 0.15) is 5.69 Å². The number of imide groups is 1. The van der Waals surface area contributed by atoms with Gasteiger partial charge < -0.3 is 14.2 Å². The van der Waals surface area contributed by atoms with Crippen molar-refractivity contribution in [2.75, 3.05) is 19.4 Å². The second-order valence-electron chi connectivity index (χ2n) is 7.65. The third-order valence-corrected chi connectivity index (χ3v) is 7.42. The maximum Gasteiger partial charge on any atom is 0.335 e. The zero-order valence-corrected chi connectivity index (χ0v) is 19.8. The van der Waals surface area contributed by atoms with Crippen LogP contribution in [0.2, 0.25) is 0 Å². The summed E-state index contributed by atoms with van der Waals surface area (Å²) in [6.07, 6.45) is -0.472. The van der Waals surface area contributed by atoms with Gasteiger partial charge in [0.2, 0.25) is 0 Å². The van der Waals surface area contributed by atoms with Crippen molar-refractivity contribution in [3.05, 3.63) is 63.5 Å². The number of benzene rings is 2. The van der Waals surface area contributed by atoms with Gasteiger partial charge >= 0.3 is 7.60 Å². The average Bonchev–Trinajstić information content (AvgIpc) is 3.29. The summed E-state index contributed by atoms with van der Waals surface area (Å²) in [5, 5.41) is 30.3. The van der Waals surface area contributed by atoms with E-state index in [4.69, 9.17) is 9.05 Å². The molecule has 1 aromatic heterocycles. The highest BCUT2D eigenvalue weighted by Gasteiger charge is 2.35. The minimum atomic E-state index is -3.57. The number of hydrogen-bond acceptors (Lipinski definition) is 10. The Bertz CT molecular complexity index is 1360. The molecule has 0 saturated heterocycles. The lowest BCUT2D eigenvalue weighted by Gasteiger charge is -2.26. The van der Waals surface area contributed by atoms with E-state index in [1.54, 1.807) is 32.0 Å². The minimum absolute atomic E-state index is 0.0335. The Hall–Kier alpha value is -3.51. The van der Waals surface area contributed by atoms with Crippen LogP contribution in [-0.2, 0) is 20.2 Å². The second kappa shape index (κ2) is 9.62. The summed E-state index contributed by atoms with van der Waals surface area (Å²) in [5.74, 6) is -1.30. The first-order valence-corrected chi connectivity index (χ1v) is 12.4. The molecule has 0 spiro atoms. The summed E-state index contributed by atoms with van der Waals surface area (Å²) in [6.45, 7) is 3.24. The molecule has 0 fully saturated rings. The van der Waals surface area contributed by atoms with Crippen molar-refractivity contribution in [2.45, 2.75) is 26.6 Å². The molecule has 14 heteroatoms. The van der Waals surface area contributed by atoms with Gasteiger partial charge in [0.15, 0.2) is 6.23 Å². The number of nitrogens with zero attached hydrogens (tertiary/aromatic N) is 5. The normalized spacial score (nSPS) is 14.5. The van der Waals surface area contributed by atoms with E-state index >= 15 is 0 Å². The fourth-order valence-electron chi connectivity index (χ4n) is 3.90. The van der Waals surface area contributed by atoms with Crippen LogP contribution in [0.1, 0.15) is 46.5 Å². The number of aliphatic hydroxyl groups excluding tert-OH is 1. The molecule has 0 aliphatic carbocycles. The van der Waals surface area contributed by atoms with Crippen LogP contribution >= 0.6 is 7.60 Å². The minimum Gasteiger partial charge on any atom is -0.371 e. The Kier molecular flexibility index (Phi) is 6.77. The number of nitro groups is 1. The number of non-ortho nitro benzene ring substituents is 1. The van der Waals surface area contributed by atoms with E-state index in [-0.39, 0.29) is 48.4 Å². The van der Waals surface area contributed by atoms with E-state index in [0.717, 1.165) is 15.6 Å². The number of aromatic nitrogens is 3. The molecule has 2 aromatic carbocycles. The number of rotatable bonds is 10. The van der Waals surface area contributed by atoms with E-state index in [1.807, 2.05) is 0 Å². The Balaban J connectivity index is 1.60. The SMILES string of the molecule is CCOP(=O)(CC(O)n1cc(CN2C(=O)c3cccc4cc([N+](=O)[O-])cc(c34)C2=O)nn1)OCC. The maximum absolute atomic E-state index is 13.2. The molecular formula is C21H22N5O8P. The van der Waals surface area contributed by atoms with Crippen molar-refractivity contribution >= 4 is 35.9 Å². The zero-order chi connectivity index (χ0) is 25.3. The summed E-state index contributed by atoms with van der Waals surface area (Å²) in [5.41, 5.74) is 0.156. The predicted molar refractivity (Wildman–Crippen MR) is 122 cm³/mol. The number of carbonyl (C=O) groups excluding carboxylic acids is 2. The molecule has 0 radical (unpaired) electrons. The molecule has 0 saturated carbocycles. The topological polar surface area (TPSA) is 167 Å². The van der Waals surface area contributed by atoms with Crippen LogP contribution in [0.5, 0.6) is 0 Å². The van der Waals surface area contributed by atoms with Gasteiger partial charge in [-0.15, -0.1) is 5.10 Å². The lowest BCUT2D eigenvalue weighted by molar-refractivity contribution is -0.384. The Labute approximate surface area is 198 Å². The van der Waals surface area contributed by atoms with E-state index in [0.29, 0.717) is 10.8 Å². The Morgan fingerprint density at radius 3 is 2.49 bits per heavy atom. The van der Waals surface area contributed by atoms with Crippen molar-refractivity contribution in [1.29, 1.82) is 0 Å². The number of aliphatic hydroxyl groups is 1. The molecule has 0 bridgehead atoms. The first kappa shape index (κ1) is 24.6. The van der Waals surface area contributed by atoms with Gasteiger partial charge in [-0.05, 0) is 25.3 Å². The standard InChI is InChI=1S/C21H22N5O8P/c1-3-33-35(32,34-4-2)12-18(27)25-11-14(22-23-25)10-24-20(28)16-7-5-6-13-8-15(26(30)31)9-17(19(13)16)21(24)29/h5-9,11,18,27H,3-4,10,12H2,1-2H3. The molecule has 2 heterocycles. The molecule has 35 heavy (non-hydrogen) atoms. The van der Waals surface area contributed by atoms with Crippen molar-refractivity contribution in [1.82, 2.24) is 19.9 Å². The number of amides is 2. The van der Waals surface area contributed by atoms with Gasteiger partial charge in [0, 0.05) is 23.1 Å². The Morgan fingerprint density at radius 2 is 1.83 bits per heavy atom. The van der Waals surface area contributed by atoms with Gasteiger partial charge in [0.25, 0.3) is 17.5 Å². The fourth-order valence-corrected chi connectivity index (χ4v) is 5.54. The third-order valence-electron chi connectivity index (χ3n) is 5.35. The van der Waals surface area contributed by atoms with Gasteiger partial charge in [0.05, 0.1) is 42.6 Å². The molecule has 1 atom stereocenters. The van der Waals surface area contributed by atoms with Gasteiger partial charge in [-0.2, -0.15) is 0 Å². The first-order valence-electron chi connectivity index (χ1n) is 10.7. The van der Waals surface area contributed by atoms with Crippen LogP contribution in [0.4, 0.5) is 5.69 Å². The molecule has 1 aliphatic rings. The molecule has 1 N–H and O–H groups in total. The van der Waals surface area contributed by atoms with E-state index in [1.165, 1.54) is 12.3 Å². The van der Waals surface area contributed by atoms with Crippen LogP contribution in [-0.4, -0.2) is 61.1 Å².